The second-order valence-electron chi connectivity index (χ2n) is 7.58. The first-order valence-electron chi connectivity index (χ1n) is 10.3. The lowest BCUT2D eigenvalue weighted by Gasteiger charge is -2.26. The quantitative estimate of drug-likeness (QED) is 0.636. The van der Waals surface area contributed by atoms with Gasteiger partial charge in [-0.3, -0.25) is 14.6 Å². The van der Waals surface area contributed by atoms with E-state index in [0.717, 1.165) is 30.7 Å². The molecule has 1 aromatic carbocycles. The number of ether oxygens (including phenoxy) is 1. The van der Waals surface area contributed by atoms with Crippen LogP contribution in [-0.2, 0) is 16.1 Å². The molecule has 0 radical (unpaired) electrons. The fraction of sp³-hybridized carbons (Fsp3) is 0.304. The Labute approximate surface area is 180 Å². The number of hydrogen-bond acceptors (Lipinski definition) is 5. The Morgan fingerprint density at radius 2 is 1.97 bits per heavy atom. The number of carbonyl (C=O) groups is 2. The van der Waals surface area contributed by atoms with Gasteiger partial charge in [0.05, 0.1) is 29.9 Å². The molecular weight excluding hydrogens is 394 g/mol. The summed E-state index contributed by atoms with van der Waals surface area (Å²) in [5, 5.41) is 6.96. The van der Waals surface area contributed by atoms with Crippen LogP contribution in [0.1, 0.15) is 35.7 Å². The topological polar surface area (TPSA) is 89.4 Å². The van der Waals surface area contributed by atoms with Crippen LogP contribution in [0.15, 0.2) is 61.2 Å². The molecule has 0 unspecified atom stereocenters. The predicted molar refractivity (Wildman–Crippen MR) is 116 cm³/mol. The lowest BCUT2D eigenvalue weighted by Crippen LogP contribution is -2.37. The van der Waals surface area contributed by atoms with Crippen LogP contribution in [0.5, 0.6) is 0 Å². The normalized spacial score (nSPS) is 15.6. The van der Waals surface area contributed by atoms with Crippen LogP contribution in [-0.4, -0.2) is 50.7 Å². The monoisotopic (exact) mass is 419 g/mol. The van der Waals surface area contributed by atoms with Crippen molar-refractivity contribution in [2.24, 2.45) is 0 Å². The summed E-state index contributed by atoms with van der Waals surface area (Å²) < 4.78 is 7.42. The van der Waals surface area contributed by atoms with E-state index in [9.17, 15) is 9.59 Å². The molecule has 1 aliphatic heterocycles. The lowest BCUT2D eigenvalue weighted by atomic mass is 10.1. The van der Waals surface area contributed by atoms with Gasteiger partial charge in [-0.2, -0.15) is 5.10 Å². The molecule has 0 aliphatic carbocycles. The molecule has 3 heterocycles. The Morgan fingerprint density at radius 1 is 1.19 bits per heavy atom. The minimum atomic E-state index is -0.152. The molecule has 0 bridgehead atoms. The lowest BCUT2D eigenvalue weighted by molar-refractivity contribution is -0.114. The fourth-order valence-corrected chi connectivity index (χ4v) is 3.63. The Balaban J connectivity index is 1.50. The van der Waals surface area contributed by atoms with Gasteiger partial charge < -0.3 is 15.0 Å². The van der Waals surface area contributed by atoms with E-state index in [0.29, 0.717) is 24.3 Å². The van der Waals surface area contributed by atoms with Gasteiger partial charge >= 0.3 is 0 Å². The molecule has 2 aromatic heterocycles. The number of aromatic nitrogens is 3. The van der Waals surface area contributed by atoms with Crippen LogP contribution < -0.4 is 5.32 Å². The van der Waals surface area contributed by atoms with Crippen LogP contribution in [0.3, 0.4) is 0 Å². The number of rotatable bonds is 7. The zero-order valence-electron chi connectivity index (χ0n) is 17.4. The summed E-state index contributed by atoms with van der Waals surface area (Å²) in [4.78, 5) is 30.4. The molecule has 1 saturated heterocycles. The molecule has 4 rings (SSSR count). The Bertz CT molecular complexity index is 1030. The molecule has 8 heteroatoms. The van der Waals surface area contributed by atoms with Gasteiger partial charge in [0, 0.05) is 44.6 Å². The maximum atomic E-state index is 13.3. The van der Waals surface area contributed by atoms with Gasteiger partial charge in [0.2, 0.25) is 5.91 Å². The molecule has 160 valence electrons. The maximum Gasteiger partial charge on any atom is 0.254 e. The molecule has 0 spiro atoms. The maximum absolute atomic E-state index is 13.3. The van der Waals surface area contributed by atoms with Crippen molar-refractivity contribution in [3.05, 3.63) is 72.3 Å². The molecule has 1 fully saturated rings. The number of hydrogen-bond donors (Lipinski definition) is 1. The van der Waals surface area contributed by atoms with E-state index in [1.54, 1.807) is 41.6 Å². The summed E-state index contributed by atoms with van der Waals surface area (Å²) in [6.07, 6.45) is 8.84. The molecular formula is C23H25N5O3. The summed E-state index contributed by atoms with van der Waals surface area (Å²) >= 11 is 0. The summed E-state index contributed by atoms with van der Waals surface area (Å²) in [5.41, 5.74) is 3.05. The molecule has 1 N–H and O–H groups in total. The number of nitrogens with one attached hydrogen (secondary N) is 1. The number of amides is 2. The van der Waals surface area contributed by atoms with E-state index in [2.05, 4.69) is 15.4 Å². The first-order valence-corrected chi connectivity index (χ1v) is 10.3. The Morgan fingerprint density at radius 3 is 2.65 bits per heavy atom. The average molecular weight is 419 g/mol. The minimum Gasteiger partial charge on any atom is -0.376 e. The van der Waals surface area contributed by atoms with E-state index >= 15 is 0 Å². The standard InChI is InChI=1S/C23H25N5O3/c1-17(29)26-20-13-25-28(15-20)21-6-4-19(5-7-21)23(30)27(16-22-3-2-12-31-22)14-18-8-10-24-11-9-18/h4-11,13,15,22H,2-3,12,14,16H2,1H3,(H,26,29)/t22-/m0/s1. The third kappa shape index (κ3) is 5.35. The minimum absolute atomic E-state index is 0.0433. The van der Waals surface area contributed by atoms with Crippen molar-refractivity contribution < 1.29 is 14.3 Å². The van der Waals surface area contributed by atoms with Crippen molar-refractivity contribution in [2.45, 2.75) is 32.4 Å². The molecule has 8 nitrogen and oxygen atoms in total. The third-order valence-electron chi connectivity index (χ3n) is 5.14. The largest absolute Gasteiger partial charge is 0.376 e. The number of nitrogens with zero attached hydrogens (tertiary/aromatic N) is 4. The first-order chi connectivity index (χ1) is 15.1. The molecule has 2 amide bonds. The molecule has 3 aromatic rings. The van der Waals surface area contributed by atoms with Crippen LogP contribution >= 0.6 is 0 Å². The van der Waals surface area contributed by atoms with Crippen molar-refractivity contribution in [3.8, 4) is 5.69 Å². The van der Waals surface area contributed by atoms with Crippen molar-refractivity contribution in [1.29, 1.82) is 0 Å². The molecule has 1 atom stereocenters. The highest BCUT2D eigenvalue weighted by Crippen LogP contribution is 2.19. The van der Waals surface area contributed by atoms with Gasteiger partial charge in [0.15, 0.2) is 0 Å². The van der Waals surface area contributed by atoms with E-state index in [4.69, 9.17) is 4.74 Å². The van der Waals surface area contributed by atoms with Gasteiger partial charge in [-0.05, 0) is 54.8 Å². The van der Waals surface area contributed by atoms with Crippen LogP contribution in [0.25, 0.3) is 5.69 Å². The predicted octanol–water partition coefficient (Wildman–Crippen LogP) is 3.05. The summed E-state index contributed by atoms with van der Waals surface area (Å²) in [6.45, 7) is 3.26. The number of benzene rings is 1. The zero-order valence-corrected chi connectivity index (χ0v) is 17.4. The van der Waals surface area contributed by atoms with Crippen LogP contribution in [0.4, 0.5) is 5.69 Å². The highest BCUT2D eigenvalue weighted by Gasteiger charge is 2.23. The van der Waals surface area contributed by atoms with Gasteiger partial charge in [-0.15, -0.1) is 0 Å². The van der Waals surface area contributed by atoms with E-state index < -0.39 is 0 Å². The number of carbonyl (C=O) groups excluding carboxylic acids is 2. The molecule has 31 heavy (non-hydrogen) atoms. The summed E-state index contributed by atoms with van der Waals surface area (Å²) in [6, 6.07) is 11.1. The highest BCUT2D eigenvalue weighted by atomic mass is 16.5. The van der Waals surface area contributed by atoms with Gasteiger partial charge in [0.25, 0.3) is 5.91 Å². The van der Waals surface area contributed by atoms with Crippen molar-refractivity contribution >= 4 is 17.5 Å². The Kier molecular flexibility index (Phi) is 6.37. The van der Waals surface area contributed by atoms with Crippen molar-refractivity contribution in [3.63, 3.8) is 0 Å². The second kappa shape index (κ2) is 9.53. The van der Waals surface area contributed by atoms with Gasteiger partial charge in [-0.25, -0.2) is 4.68 Å². The summed E-state index contributed by atoms with van der Waals surface area (Å²) in [7, 11) is 0. The first kappa shape index (κ1) is 20.7. The van der Waals surface area contributed by atoms with Crippen LogP contribution in [0.2, 0.25) is 0 Å². The average Bonchev–Trinajstić information content (AvgIpc) is 3.45. The number of pyridine rings is 1. The van der Waals surface area contributed by atoms with Gasteiger partial charge in [-0.1, -0.05) is 0 Å². The fourth-order valence-electron chi connectivity index (χ4n) is 3.63. The third-order valence-corrected chi connectivity index (χ3v) is 5.14. The number of anilines is 1. The smallest absolute Gasteiger partial charge is 0.254 e. The summed E-state index contributed by atoms with van der Waals surface area (Å²) in [5.74, 6) is -0.195. The highest BCUT2D eigenvalue weighted by molar-refractivity contribution is 5.94. The van der Waals surface area contributed by atoms with Crippen molar-refractivity contribution in [1.82, 2.24) is 19.7 Å². The van der Waals surface area contributed by atoms with E-state index in [1.807, 2.05) is 29.2 Å². The molecule has 1 aliphatic rings. The van der Waals surface area contributed by atoms with Crippen molar-refractivity contribution in [2.75, 3.05) is 18.5 Å². The van der Waals surface area contributed by atoms with E-state index in [-0.39, 0.29) is 17.9 Å². The second-order valence-corrected chi connectivity index (χ2v) is 7.58. The van der Waals surface area contributed by atoms with E-state index in [1.165, 1.54) is 6.92 Å². The Hall–Kier alpha value is -3.52. The van der Waals surface area contributed by atoms with Gasteiger partial charge in [0.1, 0.15) is 0 Å². The SMILES string of the molecule is CC(=O)Nc1cnn(-c2ccc(C(=O)N(Cc3ccncc3)C[C@@H]3CCCO3)cc2)c1. The molecule has 0 saturated carbocycles. The zero-order chi connectivity index (χ0) is 21.6. The van der Waals surface area contributed by atoms with Crippen LogP contribution in [0, 0.1) is 0 Å².